The second kappa shape index (κ2) is 6.63. The van der Waals surface area contributed by atoms with Crippen molar-refractivity contribution < 1.29 is 4.79 Å². The highest BCUT2D eigenvalue weighted by Crippen LogP contribution is 2.26. The molecule has 0 spiro atoms. The molecule has 2 aromatic carbocycles. The molecule has 120 valence electrons. The van der Waals surface area contributed by atoms with Crippen LogP contribution in [-0.4, -0.2) is 12.5 Å². The summed E-state index contributed by atoms with van der Waals surface area (Å²) in [6.07, 6.45) is 5.67. The minimum absolute atomic E-state index is 0. The summed E-state index contributed by atoms with van der Waals surface area (Å²) in [5.41, 5.74) is 6.86. The Kier molecular flexibility index (Phi) is 4.58. The molecule has 1 aliphatic carbocycles. The Hall–Kier alpha value is -2.00. The van der Waals surface area contributed by atoms with Crippen molar-refractivity contribution in [3.63, 3.8) is 0 Å². The fraction of sp³-hybridized carbons (Fsp3) is 0.316. The molecule has 0 unspecified atom stereocenters. The quantitative estimate of drug-likeness (QED) is 0.867. The maximum atomic E-state index is 12.5. The summed E-state index contributed by atoms with van der Waals surface area (Å²) in [4.78, 5) is 12.5. The predicted molar refractivity (Wildman–Crippen MR) is 96.9 cm³/mol. The predicted octanol–water partition coefficient (Wildman–Crippen LogP) is 4.21. The van der Waals surface area contributed by atoms with Crippen LogP contribution in [0.25, 0.3) is 0 Å². The van der Waals surface area contributed by atoms with Gasteiger partial charge in [-0.3, -0.25) is 4.79 Å². The first-order valence-electron chi connectivity index (χ1n) is 8.09. The van der Waals surface area contributed by atoms with Crippen LogP contribution in [0, 0.1) is 0 Å². The number of carbonyl (C=O) groups is 1. The number of fused-ring (bicyclic) bond motifs is 2. The SMILES string of the molecule is Cl.O=C(Nc1ccc2c(c1)CCCN2)c1ccc2c(c1)CCC2. The Bertz CT molecular complexity index is 742. The highest BCUT2D eigenvalue weighted by atomic mass is 35.5. The Labute approximate surface area is 142 Å². The number of hydrogen-bond acceptors (Lipinski definition) is 2. The molecule has 0 saturated heterocycles. The van der Waals surface area contributed by atoms with Gasteiger partial charge in [0.15, 0.2) is 0 Å². The maximum Gasteiger partial charge on any atom is 0.255 e. The van der Waals surface area contributed by atoms with Gasteiger partial charge in [-0.25, -0.2) is 0 Å². The molecule has 1 aliphatic heterocycles. The fourth-order valence-corrected chi connectivity index (χ4v) is 3.47. The van der Waals surface area contributed by atoms with Crippen molar-refractivity contribution >= 4 is 29.7 Å². The van der Waals surface area contributed by atoms with Crippen molar-refractivity contribution in [2.24, 2.45) is 0 Å². The van der Waals surface area contributed by atoms with E-state index in [0.717, 1.165) is 43.5 Å². The smallest absolute Gasteiger partial charge is 0.255 e. The highest BCUT2D eigenvalue weighted by molar-refractivity contribution is 6.04. The van der Waals surface area contributed by atoms with E-state index in [1.54, 1.807) is 0 Å². The monoisotopic (exact) mass is 328 g/mol. The minimum atomic E-state index is -0.0154. The van der Waals surface area contributed by atoms with Crippen LogP contribution in [0.4, 0.5) is 11.4 Å². The lowest BCUT2D eigenvalue weighted by Crippen LogP contribution is -2.15. The van der Waals surface area contributed by atoms with Crippen molar-refractivity contribution in [1.29, 1.82) is 0 Å². The van der Waals surface area contributed by atoms with Gasteiger partial charge in [-0.15, -0.1) is 12.4 Å². The molecule has 2 aromatic rings. The van der Waals surface area contributed by atoms with Crippen LogP contribution in [0.2, 0.25) is 0 Å². The molecule has 1 heterocycles. The van der Waals surface area contributed by atoms with Crippen molar-refractivity contribution in [2.45, 2.75) is 32.1 Å². The third-order valence-corrected chi connectivity index (χ3v) is 4.66. The summed E-state index contributed by atoms with van der Waals surface area (Å²) in [5, 5.41) is 6.42. The number of hydrogen-bond donors (Lipinski definition) is 2. The van der Waals surface area contributed by atoms with Gasteiger partial charge in [-0.05, 0) is 79.1 Å². The molecular weight excluding hydrogens is 308 g/mol. The van der Waals surface area contributed by atoms with Crippen LogP contribution in [0.5, 0.6) is 0 Å². The molecule has 23 heavy (non-hydrogen) atoms. The summed E-state index contributed by atoms with van der Waals surface area (Å²) in [6.45, 7) is 1.04. The van der Waals surface area contributed by atoms with Crippen molar-refractivity contribution in [2.75, 3.05) is 17.2 Å². The standard InChI is InChI=1S/C19H20N2O.ClH/c22-19(16-7-6-13-3-1-4-14(13)11-16)21-17-8-9-18-15(12-17)5-2-10-20-18;/h6-9,11-12,20H,1-5,10H2,(H,21,22);1H. The van der Waals surface area contributed by atoms with E-state index in [9.17, 15) is 4.79 Å². The van der Waals surface area contributed by atoms with Gasteiger partial charge in [-0.1, -0.05) is 6.07 Å². The molecule has 0 bridgehead atoms. The minimum Gasteiger partial charge on any atom is -0.385 e. The third kappa shape index (κ3) is 3.20. The number of benzene rings is 2. The molecule has 0 atom stereocenters. The zero-order valence-corrected chi connectivity index (χ0v) is 13.8. The molecule has 0 aromatic heterocycles. The maximum absolute atomic E-state index is 12.5. The van der Waals surface area contributed by atoms with E-state index in [-0.39, 0.29) is 18.3 Å². The average Bonchev–Trinajstić information content (AvgIpc) is 3.02. The normalized spacial score (nSPS) is 15.0. The van der Waals surface area contributed by atoms with Gasteiger partial charge in [0.05, 0.1) is 0 Å². The lowest BCUT2D eigenvalue weighted by atomic mass is 10.0. The molecule has 0 saturated carbocycles. The third-order valence-electron chi connectivity index (χ3n) is 4.66. The molecule has 4 heteroatoms. The van der Waals surface area contributed by atoms with E-state index in [4.69, 9.17) is 0 Å². The highest BCUT2D eigenvalue weighted by Gasteiger charge is 2.15. The van der Waals surface area contributed by atoms with Crippen LogP contribution >= 0.6 is 12.4 Å². The number of amides is 1. The first kappa shape index (κ1) is 15.9. The van der Waals surface area contributed by atoms with Gasteiger partial charge in [0.2, 0.25) is 0 Å². The summed E-state index contributed by atoms with van der Waals surface area (Å²) in [5.74, 6) is -0.0154. The second-order valence-electron chi connectivity index (χ2n) is 6.19. The Balaban J connectivity index is 0.00000156. The number of anilines is 2. The Morgan fingerprint density at radius 2 is 1.74 bits per heavy atom. The fourth-order valence-electron chi connectivity index (χ4n) is 3.47. The van der Waals surface area contributed by atoms with Gasteiger partial charge in [0.1, 0.15) is 0 Å². The van der Waals surface area contributed by atoms with Gasteiger partial charge >= 0.3 is 0 Å². The molecule has 2 N–H and O–H groups in total. The van der Waals surface area contributed by atoms with E-state index in [1.165, 1.54) is 28.8 Å². The van der Waals surface area contributed by atoms with Crippen LogP contribution < -0.4 is 10.6 Å². The van der Waals surface area contributed by atoms with E-state index in [1.807, 2.05) is 12.1 Å². The van der Waals surface area contributed by atoms with Crippen molar-refractivity contribution in [3.05, 3.63) is 58.7 Å². The largest absolute Gasteiger partial charge is 0.385 e. The lowest BCUT2D eigenvalue weighted by Gasteiger charge is -2.18. The summed E-state index contributed by atoms with van der Waals surface area (Å²) < 4.78 is 0. The van der Waals surface area contributed by atoms with E-state index in [2.05, 4.69) is 34.9 Å². The summed E-state index contributed by atoms with van der Waals surface area (Å²) >= 11 is 0. The molecule has 3 nitrogen and oxygen atoms in total. The topological polar surface area (TPSA) is 41.1 Å². The van der Waals surface area contributed by atoms with E-state index < -0.39 is 0 Å². The van der Waals surface area contributed by atoms with E-state index >= 15 is 0 Å². The molecule has 2 aliphatic rings. The van der Waals surface area contributed by atoms with Gasteiger partial charge in [-0.2, -0.15) is 0 Å². The number of nitrogens with one attached hydrogen (secondary N) is 2. The molecule has 0 radical (unpaired) electrons. The van der Waals surface area contributed by atoms with Gasteiger partial charge in [0, 0.05) is 23.5 Å². The number of aryl methyl sites for hydroxylation is 3. The molecular formula is C19H21ClN2O. The lowest BCUT2D eigenvalue weighted by molar-refractivity contribution is 0.102. The Morgan fingerprint density at radius 3 is 2.65 bits per heavy atom. The van der Waals surface area contributed by atoms with Crippen LogP contribution in [0.3, 0.4) is 0 Å². The Morgan fingerprint density at radius 1 is 0.913 bits per heavy atom. The second-order valence-corrected chi connectivity index (χ2v) is 6.19. The number of halogens is 1. The molecule has 4 rings (SSSR count). The zero-order chi connectivity index (χ0) is 14.9. The first-order chi connectivity index (χ1) is 10.8. The summed E-state index contributed by atoms with van der Waals surface area (Å²) in [7, 11) is 0. The van der Waals surface area contributed by atoms with Gasteiger partial charge < -0.3 is 10.6 Å². The van der Waals surface area contributed by atoms with Gasteiger partial charge in [0.25, 0.3) is 5.91 Å². The van der Waals surface area contributed by atoms with Crippen LogP contribution in [0.15, 0.2) is 36.4 Å². The zero-order valence-electron chi connectivity index (χ0n) is 13.0. The van der Waals surface area contributed by atoms with Crippen molar-refractivity contribution in [1.82, 2.24) is 0 Å². The number of rotatable bonds is 2. The summed E-state index contributed by atoms with van der Waals surface area (Å²) in [6, 6.07) is 12.2. The van der Waals surface area contributed by atoms with E-state index in [0.29, 0.717) is 0 Å². The van der Waals surface area contributed by atoms with Crippen LogP contribution in [-0.2, 0) is 19.3 Å². The molecule has 0 fully saturated rings. The average molecular weight is 329 g/mol. The molecule has 1 amide bonds. The van der Waals surface area contributed by atoms with Crippen LogP contribution in [0.1, 0.15) is 39.9 Å². The first-order valence-corrected chi connectivity index (χ1v) is 8.09. The number of carbonyl (C=O) groups excluding carboxylic acids is 1. The van der Waals surface area contributed by atoms with Crippen molar-refractivity contribution in [3.8, 4) is 0 Å².